The van der Waals surface area contributed by atoms with E-state index in [9.17, 15) is 17.6 Å². The van der Waals surface area contributed by atoms with Crippen molar-refractivity contribution in [2.45, 2.75) is 30.7 Å². The van der Waals surface area contributed by atoms with Gasteiger partial charge in [0.25, 0.3) is 0 Å². The normalized spacial score (nSPS) is 16.8. The van der Waals surface area contributed by atoms with E-state index in [0.717, 1.165) is 22.2 Å². The number of methoxy groups -OCH3 is 1. The van der Waals surface area contributed by atoms with Crippen LogP contribution in [0.1, 0.15) is 31.4 Å². The molecule has 1 aliphatic rings. The zero-order chi connectivity index (χ0) is 21.9. The van der Waals surface area contributed by atoms with Crippen LogP contribution in [0.4, 0.5) is 4.39 Å². The highest BCUT2D eigenvalue weighted by Gasteiger charge is 2.34. The van der Waals surface area contributed by atoms with E-state index in [0.29, 0.717) is 12.8 Å². The van der Waals surface area contributed by atoms with Crippen LogP contribution < -0.4 is 10.1 Å². The molecule has 0 spiro atoms. The van der Waals surface area contributed by atoms with Crippen LogP contribution in [0.3, 0.4) is 0 Å². The number of benzene rings is 2. The molecule has 162 valence electrons. The molecule has 0 bridgehead atoms. The van der Waals surface area contributed by atoms with Gasteiger partial charge in [0.1, 0.15) is 16.5 Å². The third-order valence-electron chi connectivity index (χ3n) is 5.28. The Hall–Kier alpha value is -1.97. The molecular weight excluding hydrogens is 475 g/mol. The maximum Gasteiger partial charge on any atom is 0.246 e. The molecule has 1 aliphatic heterocycles. The molecule has 6 nitrogen and oxygen atoms in total. The number of nitrogens with one attached hydrogen (secondary N) is 1. The summed E-state index contributed by atoms with van der Waals surface area (Å²) in [6, 6.07) is 11.0. The second kappa shape index (κ2) is 9.45. The maximum atomic E-state index is 13.6. The van der Waals surface area contributed by atoms with Gasteiger partial charge in [0.15, 0.2) is 0 Å². The van der Waals surface area contributed by atoms with Crippen molar-refractivity contribution < 1.29 is 22.3 Å². The van der Waals surface area contributed by atoms with Gasteiger partial charge in [0, 0.05) is 23.5 Å². The first-order valence-electron chi connectivity index (χ1n) is 9.62. The number of hydrogen-bond donors (Lipinski definition) is 1. The summed E-state index contributed by atoms with van der Waals surface area (Å²) in [6.45, 7) is 2.28. The number of ether oxygens (including phenoxy) is 1. The van der Waals surface area contributed by atoms with Gasteiger partial charge in [-0.25, -0.2) is 12.8 Å². The van der Waals surface area contributed by atoms with Crippen LogP contribution in [-0.2, 0) is 14.8 Å². The van der Waals surface area contributed by atoms with Crippen LogP contribution >= 0.6 is 15.9 Å². The van der Waals surface area contributed by atoms with E-state index in [1.165, 1.54) is 17.5 Å². The average Bonchev–Trinajstić information content (AvgIpc) is 2.73. The molecule has 9 heteroatoms. The van der Waals surface area contributed by atoms with Gasteiger partial charge in [-0.3, -0.25) is 4.79 Å². The molecule has 1 saturated heterocycles. The molecule has 3 rings (SSSR count). The predicted octanol–water partition coefficient (Wildman–Crippen LogP) is 3.87. The van der Waals surface area contributed by atoms with Gasteiger partial charge >= 0.3 is 0 Å². The fraction of sp³-hybridized carbons (Fsp3) is 0.381. The Balaban J connectivity index is 1.64. The monoisotopic (exact) mass is 498 g/mol. The van der Waals surface area contributed by atoms with Gasteiger partial charge in [-0.1, -0.05) is 28.1 Å². The van der Waals surface area contributed by atoms with Crippen LogP contribution in [0.15, 0.2) is 51.8 Å². The zero-order valence-electron chi connectivity index (χ0n) is 16.8. The maximum absolute atomic E-state index is 13.6. The number of halogens is 2. The summed E-state index contributed by atoms with van der Waals surface area (Å²) >= 11 is 3.42. The van der Waals surface area contributed by atoms with Crippen molar-refractivity contribution in [3.05, 3.63) is 58.3 Å². The molecule has 1 fully saturated rings. The molecule has 1 N–H and O–H groups in total. The molecule has 2 aromatic rings. The van der Waals surface area contributed by atoms with Crippen LogP contribution in [0.2, 0.25) is 0 Å². The Kier molecular flexibility index (Phi) is 7.15. The Morgan fingerprint density at radius 1 is 1.23 bits per heavy atom. The minimum absolute atomic E-state index is 0.0946. The van der Waals surface area contributed by atoms with E-state index in [-0.39, 0.29) is 41.6 Å². The lowest BCUT2D eigenvalue weighted by atomic mass is 9.96. The van der Waals surface area contributed by atoms with Gasteiger partial charge < -0.3 is 10.1 Å². The fourth-order valence-electron chi connectivity index (χ4n) is 3.54. The van der Waals surface area contributed by atoms with Gasteiger partial charge in [-0.2, -0.15) is 4.31 Å². The lowest BCUT2D eigenvalue weighted by Crippen LogP contribution is -2.43. The first-order valence-corrected chi connectivity index (χ1v) is 11.8. The molecule has 1 unspecified atom stereocenters. The first kappa shape index (κ1) is 22.7. The Morgan fingerprint density at radius 2 is 1.93 bits per heavy atom. The van der Waals surface area contributed by atoms with Crippen LogP contribution in [0.25, 0.3) is 0 Å². The standard InChI is InChI=1S/C21H24BrFN2O4S/c1-14(16-4-3-5-17(22)12-16)24-21(26)15-8-10-25(11-9-15)30(27,28)20-13-18(23)6-7-19(20)29-2/h3-7,12-15H,8-11H2,1-2H3,(H,24,26). The topological polar surface area (TPSA) is 75.7 Å². The van der Waals surface area contributed by atoms with Gasteiger partial charge in [0.2, 0.25) is 15.9 Å². The van der Waals surface area contributed by atoms with Crippen molar-refractivity contribution in [1.29, 1.82) is 0 Å². The predicted molar refractivity (Wildman–Crippen MR) is 115 cm³/mol. The second-order valence-electron chi connectivity index (χ2n) is 7.26. The van der Waals surface area contributed by atoms with Crippen molar-refractivity contribution in [3.63, 3.8) is 0 Å². The lowest BCUT2D eigenvalue weighted by molar-refractivity contribution is -0.126. The SMILES string of the molecule is COc1ccc(F)cc1S(=O)(=O)N1CCC(C(=O)NC(C)c2cccc(Br)c2)CC1. The number of nitrogens with zero attached hydrogens (tertiary/aromatic N) is 1. The molecule has 0 aliphatic carbocycles. The fourth-order valence-corrected chi connectivity index (χ4v) is 5.59. The highest BCUT2D eigenvalue weighted by molar-refractivity contribution is 9.10. The smallest absolute Gasteiger partial charge is 0.246 e. The highest BCUT2D eigenvalue weighted by Crippen LogP contribution is 2.30. The highest BCUT2D eigenvalue weighted by atomic mass is 79.9. The van der Waals surface area contributed by atoms with Crippen molar-refractivity contribution in [2.75, 3.05) is 20.2 Å². The average molecular weight is 499 g/mol. The largest absolute Gasteiger partial charge is 0.495 e. The zero-order valence-corrected chi connectivity index (χ0v) is 19.2. The summed E-state index contributed by atoms with van der Waals surface area (Å²) in [5.41, 5.74) is 0.982. The Labute approximate surface area is 184 Å². The molecule has 1 heterocycles. The number of amides is 1. The van der Waals surface area contributed by atoms with E-state index >= 15 is 0 Å². The molecule has 1 atom stereocenters. The van der Waals surface area contributed by atoms with E-state index in [1.807, 2.05) is 31.2 Å². The van der Waals surface area contributed by atoms with E-state index in [2.05, 4.69) is 21.2 Å². The van der Waals surface area contributed by atoms with E-state index in [4.69, 9.17) is 4.74 Å². The van der Waals surface area contributed by atoms with Gasteiger partial charge in [-0.05, 0) is 55.7 Å². The summed E-state index contributed by atoms with van der Waals surface area (Å²) in [5, 5.41) is 3.01. The summed E-state index contributed by atoms with van der Waals surface area (Å²) in [4.78, 5) is 12.5. The third kappa shape index (κ3) is 5.01. The van der Waals surface area contributed by atoms with Crippen molar-refractivity contribution in [3.8, 4) is 5.75 Å². The number of rotatable bonds is 6. The molecule has 2 aromatic carbocycles. The summed E-state index contributed by atoms with van der Waals surface area (Å²) in [5.74, 6) is -0.924. The first-order chi connectivity index (χ1) is 14.2. The van der Waals surface area contributed by atoms with Crippen LogP contribution in [0, 0.1) is 11.7 Å². The molecule has 0 aromatic heterocycles. The number of piperidine rings is 1. The van der Waals surface area contributed by atoms with Crippen LogP contribution in [-0.4, -0.2) is 38.8 Å². The van der Waals surface area contributed by atoms with Crippen molar-refractivity contribution in [1.82, 2.24) is 9.62 Å². The Bertz CT molecular complexity index is 1020. The number of carbonyl (C=O) groups excluding carboxylic acids is 1. The summed E-state index contributed by atoms with van der Waals surface area (Å²) in [7, 11) is -2.57. The van der Waals surface area contributed by atoms with E-state index < -0.39 is 15.8 Å². The molecule has 1 amide bonds. The summed E-state index contributed by atoms with van der Waals surface area (Å²) < 4.78 is 46.9. The lowest BCUT2D eigenvalue weighted by Gasteiger charge is -2.31. The van der Waals surface area contributed by atoms with Crippen molar-refractivity contribution in [2.24, 2.45) is 5.92 Å². The third-order valence-corrected chi connectivity index (χ3v) is 7.69. The Morgan fingerprint density at radius 3 is 2.57 bits per heavy atom. The quantitative estimate of drug-likeness (QED) is 0.655. The number of hydrogen-bond acceptors (Lipinski definition) is 4. The minimum atomic E-state index is -3.92. The van der Waals surface area contributed by atoms with Gasteiger partial charge in [-0.15, -0.1) is 0 Å². The number of sulfonamides is 1. The summed E-state index contributed by atoms with van der Waals surface area (Å²) in [6.07, 6.45) is 0.793. The van der Waals surface area contributed by atoms with E-state index in [1.54, 1.807) is 0 Å². The second-order valence-corrected chi connectivity index (χ2v) is 10.1. The number of carbonyl (C=O) groups is 1. The molecule has 0 radical (unpaired) electrons. The van der Waals surface area contributed by atoms with Crippen LogP contribution in [0.5, 0.6) is 5.75 Å². The van der Waals surface area contributed by atoms with Gasteiger partial charge in [0.05, 0.1) is 13.2 Å². The minimum Gasteiger partial charge on any atom is -0.495 e. The molecule has 0 saturated carbocycles. The van der Waals surface area contributed by atoms with Crippen molar-refractivity contribution >= 4 is 31.9 Å². The molecule has 30 heavy (non-hydrogen) atoms. The molecular formula is C21H24BrFN2O4S.